The van der Waals surface area contributed by atoms with Crippen LogP contribution < -0.4 is 14.8 Å². The number of fused-ring (bicyclic) bond motifs is 3. The molecule has 0 bridgehead atoms. The van der Waals surface area contributed by atoms with Gasteiger partial charge >= 0.3 is 0 Å². The smallest absolute Gasteiger partial charge is 0.177 e. The van der Waals surface area contributed by atoms with Gasteiger partial charge in [0, 0.05) is 17.2 Å². The van der Waals surface area contributed by atoms with Crippen molar-refractivity contribution in [1.82, 2.24) is 5.32 Å². The molecule has 0 saturated heterocycles. The highest BCUT2D eigenvalue weighted by atomic mass is 16.5. The SMILES string of the molecule is CC[C@H]1N[C@H](c2ccc(OC)cc2)Oc2ccc3ccccc3c21. The lowest BCUT2D eigenvalue weighted by Crippen LogP contribution is -2.34. The summed E-state index contributed by atoms with van der Waals surface area (Å²) < 4.78 is 11.5. The molecule has 0 unspecified atom stereocenters. The van der Waals surface area contributed by atoms with Gasteiger partial charge in [0.05, 0.1) is 7.11 Å². The van der Waals surface area contributed by atoms with E-state index in [-0.39, 0.29) is 12.3 Å². The van der Waals surface area contributed by atoms with Crippen LogP contribution in [0.5, 0.6) is 11.5 Å². The molecule has 0 radical (unpaired) electrons. The van der Waals surface area contributed by atoms with E-state index in [4.69, 9.17) is 9.47 Å². The fraction of sp³-hybridized carbons (Fsp3) is 0.238. The molecule has 3 heteroatoms. The minimum atomic E-state index is -0.144. The minimum absolute atomic E-state index is 0.144. The Kier molecular flexibility index (Phi) is 3.87. The standard InChI is InChI=1S/C21H21NO2/c1-3-18-20-17-7-5-4-6-14(17)10-13-19(20)24-21(22-18)15-8-11-16(23-2)12-9-15/h4-13,18,21-22H,3H2,1-2H3/t18-,21+/m1/s1. The second-order valence-corrected chi connectivity index (χ2v) is 6.10. The summed E-state index contributed by atoms with van der Waals surface area (Å²) in [6, 6.07) is 21.0. The van der Waals surface area contributed by atoms with Crippen molar-refractivity contribution in [3.05, 3.63) is 71.8 Å². The predicted molar refractivity (Wildman–Crippen MR) is 96.5 cm³/mol. The molecule has 1 aliphatic heterocycles. The molecule has 3 aromatic carbocycles. The van der Waals surface area contributed by atoms with Gasteiger partial charge in [-0.05, 0) is 35.4 Å². The average Bonchev–Trinajstić information content (AvgIpc) is 2.67. The van der Waals surface area contributed by atoms with Crippen molar-refractivity contribution in [2.24, 2.45) is 0 Å². The van der Waals surface area contributed by atoms with Crippen LogP contribution in [0, 0.1) is 0 Å². The van der Waals surface area contributed by atoms with E-state index in [1.54, 1.807) is 7.11 Å². The number of hydrogen-bond donors (Lipinski definition) is 1. The summed E-state index contributed by atoms with van der Waals surface area (Å²) >= 11 is 0. The number of ether oxygens (including phenoxy) is 2. The van der Waals surface area contributed by atoms with Crippen LogP contribution in [0.1, 0.15) is 36.7 Å². The summed E-state index contributed by atoms with van der Waals surface area (Å²) in [6.45, 7) is 2.21. The summed E-state index contributed by atoms with van der Waals surface area (Å²) in [7, 11) is 1.68. The van der Waals surface area contributed by atoms with Crippen molar-refractivity contribution in [3.8, 4) is 11.5 Å². The fourth-order valence-electron chi connectivity index (χ4n) is 3.43. The van der Waals surface area contributed by atoms with Gasteiger partial charge in [0.25, 0.3) is 0 Å². The third-order valence-electron chi connectivity index (χ3n) is 4.70. The Morgan fingerprint density at radius 1 is 1.00 bits per heavy atom. The van der Waals surface area contributed by atoms with Gasteiger partial charge in [-0.15, -0.1) is 0 Å². The lowest BCUT2D eigenvalue weighted by atomic mass is 9.94. The van der Waals surface area contributed by atoms with Crippen LogP contribution in [0.3, 0.4) is 0 Å². The van der Waals surface area contributed by atoms with Gasteiger partial charge < -0.3 is 9.47 Å². The molecule has 4 rings (SSSR count). The van der Waals surface area contributed by atoms with Gasteiger partial charge in [-0.2, -0.15) is 0 Å². The lowest BCUT2D eigenvalue weighted by molar-refractivity contribution is 0.124. The van der Waals surface area contributed by atoms with Gasteiger partial charge in [0.15, 0.2) is 6.23 Å². The first-order valence-electron chi connectivity index (χ1n) is 8.38. The normalized spacial score (nSPS) is 19.6. The Bertz CT molecular complexity index is 857. The van der Waals surface area contributed by atoms with Crippen LogP contribution in [0.15, 0.2) is 60.7 Å². The second-order valence-electron chi connectivity index (χ2n) is 6.10. The highest BCUT2D eigenvalue weighted by Gasteiger charge is 2.28. The minimum Gasteiger partial charge on any atom is -0.497 e. The van der Waals surface area contributed by atoms with Crippen molar-refractivity contribution in [2.45, 2.75) is 25.6 Å². The number of benzene rings is 3. The molecular weight excluding hydrogens is 298 g/mol. The second kappa shape index (κ2) is 6.17. The molecular formula is C21H21NO2. The van der Waals surface area contributed by atoms with E-state index < -0.39 is 0 Å². The lowest BCUT2D eigenvalue weighted by Gasteiger charge is -2.34. The van der Waals surface area contributed by atoms with Crippen LogP contribution >= 0.6 is 0 Å². The molecule has 0 spiro atoms. The molecule has 2 atom stereocenters. The van der Waals surface area contributed by atoms with E-state index in [0.29, 0.717) is 0 Å². The van der Waals surface area contributed by atoms with Crippen molar-refractivity contribution in [2.75, 3.05) is 7.11 Å². The summed E-state index contributed by atoms with van der Waals surface area (Å²) in [5, 5.41) is 6.16. The molecule has 0 saturated carbocycles. The summed E-state index contributed by atoms with van der Waals surface area (Å²) in [6.07, 6.45) is 0.867. The van der Waals surface area contributed by atoms with Crippen molar-refractivity contribution >= 4 is 10.8 Å². The van der Waals surface area contributed by atoms with Gasteiger partial charge in [-0.1, -0.05) is 49.4 Å². The molecule has 1 N–H and O–H groups in total. The predicted octanol–water partition coefficient (Wildman–Crippen LogP) is 4.98. The molecule has 0 aliphatic carbocycles. The Labute approximate surface area is 142 Å². The number of rotatable bonds is 3. The van der Waals surface area contributed by atoms with Crippen molar-refractivity contribution < 1.29 is 9.47 Å². The fourth-order valence-corrected chi connectivity index (χ4v) is 3.43. The maximum Gasteiger partial charge on any atom is 0.177 e. The zero-order chi connectivity index (χ0) is 16.5. The van der Waals surface area contributed by atoms with Crippen LogP contribution in [0.2, 0.25) is 0 Å². The van der Waals surface area contributed by atoms with E-state index in [0.717, 1.165) is 23.5 Å². The van der Waals surface area contributed by atoms with Crippen molar-refractivity contribution in [1.29, 1.82) is 0 Å². The van der Waals surface area contributed by atoms with Crippen LogP contribution in [0.4, 0.5) is 0 Å². The van der Waals surface area contributed by atoms with E-state index in [1.807, 2.05) is 12.1 Å². The van der Waals surface area contributed by atoms with E-state index in [1.165, 1.54) is 16.3 Å². The molecule has 3 nitrogen and oxygen atoms in total. The highest BCUT2D eigenvalue weighted by molar-refractivity contribution is 5.88. The molecule has 0 amide bonds. The topological polar surface area (TPSA) is 30.5 Å². The summed E-state index contributed by atoms with van der Waals surface area (Å²) in [5.41, 5.74) is 2.37. The first-order chi connectivity index (χ1) is 11.8. The third kappa shape index (κ3) is 2.51. The van der Waals surface area contributed by atoms with Crippen molar-refractivity contribution in [3.63, 3.8) is 0 Å². The van der Waals surface area contributed by atoms with Crippen LogP contribution in [-0.2, 0) is 0 Å². The Morgan fingerprint density at radius 2 is 1.79 bits per heavy atom. The third-order valence-corrected chi connectivity index (χ3v) is 4.70. The maximum atomic E-state index is 6.28. The van der Waals surface area contributed by atoms with Gasteiger partial charge in [-0.25, -0.2) is 0 Å². The summed E-state index contributed by atoms with van der Waals surface area (Å²) in [5.74, 6) is 1.83. The Hall–Kier alpha value is -2.52. The molecule has 0 aromatic heterocycles. The maximum absolute atomic E-state index is 6.28. The first kappa shape index (κ1) is 15.0. The van der Waals surface area contributed by atoms with Crippen LogP contribution in [0.25, 0.3) is 10.8 Å². The molecule has 1 heterocycles. The van der Waals surface area contributed by atoms with Gasteiger partial charge in [-0.3, -0.25) is 5.32 Å². The molecule has 122 valence electrons. The van der Waals surface area contributed by atoms with E-state index in [2.05, 4.69) is 60.8 Å². The molecule has 1 aliphatic rings. The molecule has 0 fully saturated rings. The molecule has 24 heavy (non-hydrogen) atoms. The first-order valence-corrected chi connectivity index (χ1v) is 8.38. The van der Waals surface area contributed by atoms with E-state index in [9.17, 15) is 0 Å². The number of methoxy groups -OCH3 is 1. The zero-order valence-electron chi connectivity index (χ0n) is 14.0. The monoisotopic (exact) mass is 319 g/mol. The number of hydrogen-bond acceptors (Lipinski definition) is 3. The molecule has 3 aromatic rings. The van der Waals surface area contributed by atoms with Gasteiger partial charge in [0.1, 0.15) is 11.5 Å². The number of nitrogens with one attached hydrogen (secondary N) is 1. The summed E-state index contributed by atoms with van der Waals surface area (Å²) in [4.78, 5) is 0. The average molecular weight is 319 g/mol. The van der Waals surface area contributed by atoms with Crippen LogP contribution in [-0.4, -0.2) is 7.11 Å². The largest absolute Gasteiger partial charge is 0.497 e. The zero-order valence-corrected chi connectivity index (χ0v) is 14.0. The Balaban J connectivity index is 1.75. The van der Waals surface area contributed by atoms with Gasteiger partial charge in [0.2, 0.25) is 0 Å². The highest BCUT2D eigenvalue weighted by Crippen LogP contribution is 2.41. The quantitative estimate of drug-likeness (QED) is 0.738. The van der Waals surface area contributed by atoms with E-state index >= 15 is 0 Å². The Morgan fingerprint density at radius 3 is 2.54 bits per heavy atom.